The third kappa shape index (κ3) is 8.92. The van der Waals surface area contributed by atoms with E-state index in [9.17, 15) is 19.2 Å². The Balaban J connectivity index is 1.03. The third-order valence-corrected chi connectivity index (χ3v) is 13.2. The van der Waals surface area contributed by atoms with E-state index < -0.39 is 66.7 Å². The molecule has 0 aliphatic carbocycles. The molecule has 4 N–H and O–H groups in total. The lowest BCUT2D eigenvalue weighted by Gasteiger charge is -2.30. The summed E-state index contributed by atoms with van der Waals surface area (Å²) in [6.07, 6.45) is -1.24. The maximum atomic E-state index is 15.1. The van der Waals surface area contributed by atoms with Gasteiger partial charge in [0.1, 0.15) is 47.6 Å². The molecule has 7 atom stereocenters. The second kappa shape index (κ2) is 18.9. The van der Waals surface area contributed by atoms with Crippen molar-refractivity contribution in [3.8, 4) is 45.3 Å². The molecule has 69 heavy (non-hydrogen) atoms. The predicted molar refractivity (Wildman–Crippen MR) is 251 cm³/mol. The van der Waals surface area contributed by atoms with Gasteiger partial charge in [0.05, 0.1) is 81.5 Å². The summed E-state index contributed by atoms with van der Waals surface area (Å²) in [5.41, 5.74) is 6.33. The molecular formula is C50H55F2N9O8. The van der Waals surface area contributed by atoms with E-state index in [1.54, 1.807) is 47.2 Å². The van der Waals surface area contributed by atoms with Crippen LogP contribution in [0.2, 0.25) is 0 Å². The van der Waals surface area contributed by atoms with Gasteiger partial charge in [-0.15, -0.1) is 0 Å². The van der Waals surface area contributed by atoms with Crippen LogP contribution in [0.5, 0.6) is 11.5 Å². The summed E-state index contributed by atoms with van der Waals surface area (Å²) in [6.45, 7) is 6.93. The van der Waals surface area contributed by atoms with Crippen LogP contribution in [0.3, 0.4) is 0 Å². The Hall–Kier alpha value is -7.44. The Morgan fingerprint density at radius 2 is 1.28 bits per heavy atom. The van der Waals surface area contributed by atoms with Crippen LogP contribution in [-0.2, 0) is 19.1 Å². The smallest absolute Gasteiger partial charge is 0.407 e. The molecule has 19 heteroatoms. The maximum absolute atomic E-state index is 15.1. The number of nitrogens with zero attached hydrogens (tertiary/aromatic N) is 5. The fraction of sp³-hybridized carbons (Fsp3) is 0.400. The normalized spacial score (nSPS) is 20.6. The van der Waals surface area contributed by atoms with E-state index in [4.69, 9.17) is 18.9 Å². The standard InChI is InChI=1S/C50H55F2N9O8/c1-25(2)42(57-49(64)67-6)46(62)59-23-31(51)19-39(59)44-53-21-35(55-44)27-12-14-37-30(15-27)17-38-34-13-11-28(18-41(34)69-48(61(37)38)29-9-8-10-33(16-29)66-5)36-22-54-45(56-36)40-20-32(52)24-60(40)47(63)43(26(3)4)58-50(65)68-7/h8-18,21-22,25-26,31-32,39-40,42-43,48H,19-20,23-24H2,1-7H3,(H,53,55)(H,54,56)(H,57,64)(H,58,65)/t31-,32-,39+,40+,42+,43+,48?/m1/s1. The van der Waals surface area contributed by atoms with Gasteiger partial charge in [0.25, 0.3) is 0 Å². The molecule has 3 aliphatic heterocycles. The average Bonchev–Trinajstić information content (AvgIpc) is 4.21. The second-order valence-corrected chi connectivity index (χ2v) is 18.4. The molecule has 0 bridgehead atoms. The molecular weight excluding hydrogens is 893 g/mol. The SMILES string of the molecule is COC(=O)N[C@H](C(=O)N1C[C@H](F)C[C@H]1c1ncc(-c2ccc3c(c2)OC(c2cccc(OC)c2)n2c-3cc3cc(-c4cnc([C@@H]5C[C@@H](F)CN5C(=O)[C@@H](NC(=O)OC)C(C)C)[nH]4)ccc32)[nH]1)C(C)C. The molecule has 0 saturated carbocycles. The number of amides is 4. The molecule has 17 nitrogen and oxygen atoms in total. The van der Waals surface area contributed by atoms with Crippen molar-refractivity contribution in [3.05, 3.63) is 96.3 Å². The number of alkyl carbamates (subject to hydrolysis) is 2. The number of nitrogens with one attached hydrogen (secondary N) is 4. The molecule has 362 valence electrons. The molecule has 6 aromatic rings. The van der Waals surface area contributed by atoms with Crippen LogP contribution in [0.4, 0.5) is 18.4 Å². The maximum Gasteiger partial charge on any atom is 0.407 e. The van der Waals surface area contributed by atoms with Gasteiger partial charge in [-0.1, -0.05) is 52.0 Å². The Morgan fingerprint density at radius 1 is 0.725 bits per heavy atom. The van der Waals surface area contributed by atoms with Crippen molar-refractivity contribution in [1.29, 1.82) is 0 Å². The first-order valence-corrected chi connectivity index (χ1v) is 22.9. The number of ether oxygens (including phenoxy) is 4. The summed E-state index contributed by atoms with van der Waals surface area (Å²) >= 11 is 0. The van der Waals surface area contributed by atoms with Crippen molar-refractivity contribution in [2.45, 2.75) is 83.3 Å². The molecule has 3 aromatic heterocycles. The van der Waals surface area contributed by atoms with E-state index in [-0.39, 0.29) is 37.8 Å². The molecule has 1 unspecified atom stereocenters. The van der Waals surface area contributed by atoms with Crippen molar-refractivity contribution in [1.82, 2.24) is 44.9 Å². The predicted octanol–water partition coefficient (Wildman–Crippen LogP) is 8.02. The van der Waals surface area contributed by atoms with Crippen molar-refractivity contribution < 1.29 is 46.9 Å². The Labute approximate surface area is 396 Å². The second-order valence-electron chi connectivity index (χ2n) is 18.4. The number of H-pyrrole nitrogens is 2. The van der Waals surface area contributed by atoms with Gasteiger partial charge in [-0.3, -0.25) is 9.59 Å². The number of aromatic amines is 2. The summed E-state index contributed by atoms with van der Waals surface area (Å²) in [4.78, 5) is 70.6. The fourth-order valence-corrected chi connectivity index (χ4v) is 9.68. The molecule has 2 fully saturated rings. The first kappa shape index (κ1) is 46.7. The number of likely N-dealkylation sites (tertiary alicyclic amines) is 2. The highest BCUT2D eigenvalue weighted by Gasteiger charge is 2.43. The molecule has 3 aliphatic rings. The van der Waals surface area contributed by atoms with Gasteiger partial charge >= 0.3 is 12.2 Å². The lowest BCUT2D eigenvalue weighted by molar-refractivity contribution is -0.136. The van der Waals surface area contributed by atoms with Crippen LogP contribution < -0.4 is 20.1 Å². The van der Waals surface area contributed by atoms with Gasteiger partial charge in [-0.2, -0.15) is 0 Å². The number of rotatable bonds is 12. The third-order valence-electron chi connectivity index (χ3n) is 13.2. The van der Waals surface area contributed by atoms with Crippen LogP contribution in [0.15, 0.2) is 79.1 Å². The monoisotopic (exact) mass is 947 g/mol. The number of carbonyl (C=O) groups is 4. The summed E-state index contributed by atoms with van der Waals surface area (Å²) in [7, 11) is 4.05. The first-order chi connectivity index (χ1) is 33.1. The minimum Gasteiger partial charge on any atom is -0.497 e. The molecule has 3 aromatic carbocycles. The number of alkyl halides is 2. The molecule has 6 heterocycles. The van der Waals surface area contributed by atoms with E-state index in [1.807, 2.05) is 60.7 Å². The number of carbonyl (C=O) groups excluding carboxylic acids is 4. The molecule has 9 rings (SSSR count). The summed E-state index contributed by atoms with van der Waals surface area (Å²) in [5, 5.41) is 6.11. The van der Waals surface area contributed by atoms with Crippen LogP contribution >= 0.6 is 0 Å². The number of hydrogen-bond acceptors (Lipinski definition) is 10. The summed E-state index contributed by atoms with van der Waals surface area (Å²) in [6, 6.07) is 18.5. The number of hydrogen-bond donors (Lipinski definition) is 4. The zero-order chi connectivity index (χ0) is 48.8. The van der Waals surface area contributed by atoms with Gasteiger partial charge < -0.3 is 53.9 Å². The van der Waals surface area contributed by atoms with Gasteiger partial charge in [0, 0.05) is 40.5 Å². The number of halogens is 2. The Kier molecular flexibility index (Phi) is 12.8. The largest absolute Gasteiger partial charge is 0.497 e. The topological polar surface area (TPSA) is 198 Å². The van der Waals surface area contributed by atoms with E-state index in [1.165, 1.54) is 24.0 Å². The molecule has 4 amide bonds. The minimum absolute atomic E-state index is 0.0429. The lowest BCUT2D eigenvalue weighted by Crippen LogP contribution is -2.51. The van der Waals surface area contributed by atoms with Gasteiger partial charge in [0.2, 0.25) is 18.0 Å². The molecule has 2 saturated heterocycles. The average molecular weight is 948 g/mol. The van der Waals surface area contributed by atoms with Crippen LogP contribution in [0.1, 0.15) is 76.1 Å². The minimum atomic E-state index is -1.28. The number of benzene rings is 3. The van der Waals surface area contributed by atoms with Crippen molar-refractivity contribution in [3.63, 3.8) is 0 Å². The van der Waals surface area contributed by atoms with Gasteiger partial charge in [-0.25, -0.2) is 28.3 Å². The highest BCUT2D eigenvalue weighted by molar-refractivity contribution is 5.93. The van der Waals surface area contributed by atoms with Crippen LogP contribution in [0.25, 0.3) is 44.7 Å². The van der Waals surface area contributed by atoms with Crippen molar-refractivity contribution >= 4 is 34.9 Å². The highest BCUT2D eigenvalue weighted by Crippen LogP contribution is 2.47. The zero-order valence-corrected chi connectivity index (χ0v) is 39.3. The zero-order valence-electron chi connectivity index (χ0n) is 39.3. The summed E-state index contributed by atoms with van der Waals surface area (Å²) in [5.74, 6) is 0.714. The fourth-order valence-electron chi connectivity index (χ4n) is 9.68. The number of imidazole rings is 2. The number of methoxy groups -OCH3 is 3. The van der Waals surface area contributed by atoms with E-state index in [0.717, 1.165) is 38.9 Å². The van der Waals surface area contributed by atoms with Crippen LogP contribution in [0, 0.1) is 11.8 Å². The Morgan fingerprint density at radius 3 is 1.81 bits per heavy atom. The first-order valence-electron chi connectivity index (χ1n) is 22.9. The molecule has 0 radical (unpaired) electrons. The van der Waals surface area contributed by atoms with E-state index in [0.29, 0.717) is 34.5 Å². The number of fused-ring (bicyclic) bond motifs is 5. The van der Waals surface area contributed by atoms with Crippen molar-refractivity contribution in [2.75, 3.05) is 34.4 Å². The quantitative estimate of drug-likeness (QED) is 0.0932. The number of aromatic nitrogens is 5. The van der Waals surface area contributed by atoms with Crippen molar-refractivity contribution in [2.24, 2.45) is 11.8 Å². The summed E-state index contributed by atoms with van der Waals surface area (Å²) < 4.78 is 54.3. The van der Waals surface area contributed by atoms with E-state index >= 15 is 8.78 Å². The Bertz CT molecular complexity index is 2910. The molecule has 0 spiro atoms. The van der Waals surface area contributed by atoms with Gasteiger partial charge in [0.15, 0.2) is 0 Å². The lowest BCUT2D eigenvalue weighted by atomic mass is 10.0. The van der Waals surface area contributed by atoms with E-state index in [2.05, 4.69) is 41.2 Å². The van der Waals surface area contributed by atoms with Gasteiger partial charge in [-0.05, 0) is 54.3 Å². The van der Waals surface area contributed by atoms with Crippen LogP contribution in [-0.4, -0.2) is 117 Å². The highest BCUT2D eigenvalue weighted by atomic mass is 19.1.